The first-order valence-electron chi connectivity index (χ1n) is 9.00. The lowest BCUT2D eigenvalue weighted by Gasteiger charge is -2.17. The maximum absolute atomic E-state index is 12.4. The largest absolute Gasteiger partial charge is 0.497 e. The van der Waals surface area contributed by atoms with Gasteiger partial charge in [-0.15, -0.1) is 10.2 Å². The number of nitrogens with zero attached hydrogens (tertiary/aromatic N) is 4. The molecule has 9 nitrogen and oxygen atoms in total. The maximum atomic E-state index is 12.4. The molecule has 2 heterocycles. The van der Waals surface area contributed by atoms with Gasteiger partial charge in [-0.25, -0.2) is 0 Å². The first-order valence-corrected chi connectivity index (χ1v) is 9.00. The number of rotatable bonds is 6. The van der Waals surface area contributed by atoms with Crippen LogP contribution in [0.5, 0.6) is 5.75 Å². The van der Waals surface area contributed by atoms with Crippen molar-refractivity contribution in [1.82, 2.24) is 15.2 Å². The number of methoxy groups -OCH3 is 1. The van der Waals surface area contributed by atoms with Crippen LogP contribution >= 0.6 is 0 Å². The fraction of sp³-hybridized carbons (Fsp3) is 0.200. The number of carbonyl (C=O) groups is 2. The van der Waals surface area contributed by atoms with Gasteiger partial charge in [-0.1, -0.05) is 30.3 Å². The highest BCUT2D eigenvalue weighted by Crippen LogP contribution is 2.30. The highest BCUT2D eigenvalue weighted by Gasteiger charge is 2.25. The molecule has 2 amide bonds. The Morgan fingerprint density at radius 2 is 1.97 bits per heavy atom. The van der Waals surface area contributed by atoms with Gasteiger partial charge in [0.1, 0.15) is 17.6 Å². The lowest BCUT2D eigenvalue weighted by Crippen LogP contribution is -2.18. The van der Waals surface area contributed by atoms with Gasteiger partial charge in [-0.3, -0.25) is 20.0 Å². The van der Waals surface area contributed by atoms with E-state index in [1.807, 2.05) is 24.3 Å². The smallest absolute Gasteiger partial charge is 0.295 e. The Hall–Kier alpha value is -3.88. The molecule has 1 aromatic heterocycles. The fourth-order valence-electron chi connectivity index (χ4n) is 3.09. The van der Waals surface area contributed by atoms with Crippen LogP contribution in [0.15, 0.2) is 58.8 Å². The van der Waals surface area contributed by atoms with Crippen LogP contribution in [0.1, 0.15) is 39.8 Å². The first kappa shape index (κ1) is 18.5. The van der Waals surface area contributed by atoms with E-state index < -0.39 is 11.9 Å². The quantitative estimate of drug-likeness (QED) is 0.670. The van der Waals surface area contributed by atoms with Gasteiger partial charge in [-0.2, -0.15) is 10.1 Å². The molecule has 29 heavy (non-hydrogen) atoms. The summed E-state index contributed by atoms with van der Waals surface area (Å²) >= 11 is 0. The van der Waals surface area contributed by atoms with Crippen molar-refractivity contribution in [3.8, 4) is 5.75 Å². The summed E-state index contributed by atoms with van der Waals surface area (Å²) in [4.78, 5) is 28.5. The number of carbonyl (C=O) groups excluding carboxylic acids is 2. The average molecular weight is 390 g/mol. The van der Waals surface area contributed by atoms with E-state index >= 15 is 0 Å². The zero-order valence-corrected chi connectivity index (χ0v) is 15.6. The zero-order chi connectivity index (χ0) is 20.2. The molecule has 2 aromatic carbocycles. The number of aromatic nitrogens is 3. The van der Waals surface area contributed by atoms with Gasteiger partial charge < -0.3 is 4.74 Å². The van der Waals surface area contributed by atoms with Crippen LogP contribution in [0.3, 0.4) is 0 Å². The van der Waals surface area contributed by atoms with E-state index in [0.29, 0.717) is 23.4 Å². The predicted octanol–water partition coefficient (Wildman–Crippen LogP) is 3.08. The minimum absolute atomic E-state index is 0.0378. The van der Waals surface area contributed by atoms with E-state index in [-0.39, 0.29) is 18.3 Å². The number of H-pyrrole nitrogens is 1. The molecule has 1 aliphatic heterocycles. The number of hydrogen-bond donors (Lipinski definition) is 2. The summed E-state index contributed by atoms with van der Waals surface area (Å²) in [5, 5.41) is 17.1. The molecule has 0 bridgehead atoms. The maximum Gasteiger partial charge on any atom is 0.295 e. The van der Waals surface area contributed by atoms with Gasteiger partial charge in [0, 0.05) is 12.0 Å². The SMILES string of the molecule is COc1ccc(Cc2nc(NC(=O)CC3N=NC(=O)c4ccccc43)n[nH]2)cc1. The first-order chi connectivity index (χ1) is 14.1. The third kappa shape index (κ3) is 4.18. The van der Waals surface area contributed by atoms with Crippen LogP contribution in [0.2, 0.25) is 0 Å². The van der Waals surface area contributed by atoms with Gasteiger partial charge >= 0.3 is 0 Å². The van der Waals surface area contributed by atoms with Crippen LogP contribution in [0, 0.1) is 0 Å². The molecule has 1 aliphatic rings. The molecule has 4 rings (SSSR count). The minimum Gasteiger partial charge on any atom is -0.497 e. The monoisotopic (exact) mass is 390 g/mol. The molecular weight excluding hydrogens is 372 g/mol. The number of benzene rings is 2. The second kappa shape index (κ2) is 8.01. The molecule has 0 fully saturated rings. The lowest BCUT2D eigenvalue weighted by atomic mass is 9.97. The summed E-state index contributed by atoms with van der Waals surface area (Å²) in [6.07, 6.45) is 0.579. The van der Waals surface area contributed by atoms with Gasteiger partial charge in [0.05, 0.1) is 13.5 Å². The summed E-state index contributed by atoms with van der Waals surface area (Å²) in [7, 11) is 1.62. The minimum atomic E-state index is -0.512. The summed E-state index contributed by atoms with van der Waals surface area (Å²) in [5.41, 5.74) is 2.20. The average Bonchev–Trinajstić information content (AvgIpc) is 3.17. The highest BCUT2D eigenvalue weighted by molar-refractivity contribution is 5.97. The number of ether oxygens (including phenoxy) is 1. The van der Waals surface area contributed by atoms with Crippen LogP contribution in [-0.2, 0) is 11.2 Å². The summed E-state index contributed by atoms with van der Waals surface area (Å²) < 4.78 is 5.14. The van der Waals surface area contributed by atoms with E-state index in [4.69, 9.17) is 4.74 Å². The summed E-state index contributed by atoms with van der Waals surface area (Å²) in [6, 6.07) is 14.1. The number of aromatic amines is 1. The molecule has 0 saturated heterocycles. The Balaban J connectivity index is 1.38. The zero-order valence-electron chi connectivity index (χ0n) is 15.6. The van der Waals surface area contributed by atoms with Gasteiger partial charge in [-0.05, 0) is 29.3 Å². The lowest BCUT2D eigenvalue weighted by molar-refractivity contribution is -0.116. The molecule has 2 N–H and O–H groups in total. The Morgan fingerprint density at radius 3 is 2.76 bits per heavy atom. The highest BCUT2D eigenvalue weighted by atomic mass is 16.5. The number of azo groups is 1. The van der Waals surface area contributed by atoms with Crippen LogP contribution in [0.25, 0.3) is 0 Å². The van der Waals surface area contributed by atoms with Crippen molar-refractivity contribution in [2.45, 2.75) is 18.9 Å². The molecule has 0 radical (unpaired) electrons. The third-order valence-corrected chi connectivity index (χ3v) is 4.53. The van der Waals surface area contributed by atoms with E-state index in [9.17, 15) is 9.59 Å². The molecule has 3 aromatic rings. The van der Waals surface area contributed by atoms with Crippen molar-refractivity contribution >= 4 is 17.8 Å². The third-order valence-electron chi connectivity index (χ3n) is 4.53. The van der Waals surface area contributed by atoms with E-state index in [1.165, 1.54) is 0 Å². The van der Waals surface area contributed by atoms with Crippen molar-refractivity contribution in [3.05, 3.63) is 71.0 Å². The second-order valence-electron chi connectivity index (χ2n) is 6.51. The fourth-order valence-corrected chi connectivity index (χ4v) is 3.09. The topological polar surface area (TPSA) is 122 Å². The molecule has 0 saturated carbocycles. The van der Waals surface area contributed by atoms with Crippen LogP contribution < -0.4 is 10.1 Å². The molecule has 1 unspecified atom stereocenters. The number of nitrogens with one attached hydrogen (secondary N) is 2. The standard InChI is InChI=1S/C20H18N6O3/c1-29-13-8-6-12(7-9-13)10-17-21-20(26-24-17)22-18(27)11-16-14-4-2-3-5-15(14)19(28)25-23-16/h2-9,16H,10-11H2,1H3,(H2,21,22,24,26,27). The van der Waals surface area contributed by atoms with Crippen LogP contribution in [-0.4, -0.2) is 34.1 Å². The second-order valence-corrected chi connectivity index (χ2v) is 6.51. The Kier molecular flexibility index (Phi) is 5.10. The van der Waals surface area contributed by atoms with Crippen molar-refractivity contribution in [1.29, 1.82) is 0 Å². The molecule has 0 aliphatic carbocycles. The number of amides is 2. The summed E-state index contributed by atoms with van der Waals surface area (Å²) in [5.74, 6) is 0.888. The van der Waals surface area contributed by atoms with Crippen molar-refractivity contribution in [3.63, 3.8) is 0 Å². The van der Waals surface area contributed by atoms with Crippen molar-refractivity contribution in [2.75, 3.05) is 12.4 Å². The van der Waals surface area contributed by atoms with Crippen molar-refractivity contribution in [2.24, 2.45) is 10.2 Å². The number of hydrogen-bond acceptors (Lipinski definition) is 6. The normalized spacial score (nSPS) is 15.1. The van der Waals surface area contributed by atoms with Gasteiger partial charge in [0.15, 0.2) is 0 Å². The predicted molar refractivity (Wildman–Crippen MR) is 104 cm³/mol. The van der Waals surface area contributed by atoms with Crippen molar-refractivity contribution < 1.29 is 14.3 Å². The van der Waals surface area contributed by atoms with E-state index in [1.54, 1.807) is 31.4 Å². The molecular formula is C20H18N6O3. The molecule has 9 heteroatoms. The van der Waals surface area contributed by atoms with Gasteiger partial charge in [0.2, 0.25) is 11.9 Å². The Bertz CT molecular complexity index is 1070. The van der Waals surface area contributed by atoms with E-state index in [0.717, 1.165) is 11.3 Å². The van der Waals surface area contributed by atoms with Crippen LogP contribution in [0.4, 0.5) is 5.95 Å². The number of anilines is 1. The number of fused-ring (bicyclic) bond motifs is 1. The van der Waals surface area contributed by atoms with Gasteiger partial charge in [0.25, 0.3) is 5.91 Å². The van der Waals surface area contributed by atoms with E-state index in [2.05, 4.69) is 30.7 Å². The molecule has 1 atom stereocenters. The Labute approximate surface area is 166 Å². The molecule has 0 spiro atoms. The molecule has 146 valence electrons. The Morgan fingerprint density at radius 1 is 1.17 bits per heavy atom. The summed E-state index contributed by atoms with van der Waals surface area (Å²) in [6.45, 7) is 0.